The molecule has 4 N–H and O–H groups in total. The number of nitrogens with one attached hydrogen (secondary N) is 2. The van der Waals surface area contributed by atoms with Crippen molar-refractivity contribution in [3.63, 3.8) is 0 Å². The number of hydrogen-bond donors (Lipinski definition) is 3. The Bertz CT molecular complexity index is 570. The Labute approximate surface area is 114 Å². The topological polar surface area (TPSA) is 75.9 Å². The van der Waals surface area contributed by atoms with Gasteiger partial charge in [-0.05, 0) is 47.0 Å². The van der Waals surface area contributed by atoms with Gasteiger partial charge in [0.1, 0.15) is 5.82 Å². The van der Waals surface area contributed by atoms with Gasteiger partial charge < -0.3 is 5.32 Å². The van der Waals surface area contributed by atoms with Gasteiger partial charge in [0.25, 0.3) is 0 Å². The van der Waals surface area contributed by atoms with Gasteiger partial charge in [-0.25, -0.2) is 10.8 Å². The highest BCUT2D eigenvalue weighted by Gasteiger charge is 2.07. The summed E-state index contributed by atoms with van der Waals surface area (Å²) < 4.78 is 0.780. The Morgan fingerprint density at radius 3 is 2.78 bits per heavy atom. The van der Waals surface area contributed by atoms with Crippen molar-refractivity contribution in [2.75, 3.05) is 10.7 Å². The minimum absolute atomic E-state index is 0.367. The summed E-state index contributed by atoms with van der Waals surface area (Å²) in [5.74, 6) is 6.34. The van der Waals surface area contributed by atoms with Gasteiger partial charge in [0.15, 0.2) is 0 Å². The molecule has 0 radical (unpaired) electrons. The Morgan fingerprint density at radius 1 is 1.28 bits per heavy atom. The molecule has 0 unspecified atom stereocenters. The zero-order valence-electron chi connectivity index (χ0n) is 10.2. The highest BCUT2D eigenvalue weighted by molar-refractivity contribution is 9.10. The highest BCUT2D eigenvalue weighted by atomic mass is 79.9. The molecule has 0 fully saturated rings. The molecule has 2 rings (SSSR count). The number of hydrogen-bond acceptors (Lipinski definition) is 5. The van der Waals surface area contributed by atoms with E-state index in [0.29, 0.717) is 11.8 Å². The number of rotatable bonds is 3. The fourth-order valence-electron chi connectivity index (χ4n) is 1.54. The van der Waals surface area contributed by atoms with Crippen LogP contribution in [0.2, 0.25) is 0 Å². The molecule has 0 aliphatic heterocycles. The van der Waals surface area contributed by atoms with E-state index >= 15 is 0 Å². The van der Waals surface area contributed by atoms with Crippen molar-refractivity contribution in [3.8, 4) is 0 Å². The van der Waals surface area contributed by atoms with Crippen LogP contribution < -0.4 is 16.6 Å². The third-order valence-electron chi connectivity index (χ3n) is 2.73. The second-order valence-corrected chi connectivity index (χ2v) is 4.76. The van der Waals surface area contributed by atoms with Gasteiger partial charge in [0.2, 0.25) is 5.95 Å². The van der Waals surface area contributed by atoms with E-state index < -0.39 is 0 Å². The molecule has 0 aliphatic carbocycles. The van der Waals surface area contributed by atoms with Crippen molar-refractivity contribution in [2.45, 2.75) is 13.8 Å². The lowest BCUT2D eigenvalue weighted by Gasteiger charge is -2.12. The molecule has 2 aromatic rings. The van der Waals surface area contributed by atoms with Crippen LogP contribution in [-0.2, 0) is 0 Å². The quantitative estimate of drug-likeness (QED) is 0.600. The molecule has 94 valence electrons. The fourth-order valence-corrected chi connectivity index (χ4v) is 1.83. The number of anilines is 3. The molecule has 0 aliphatic rings. The second kappa shape index (κ2) is 5.32. The Balaban J connectivity index is 2.36. The number of halogens is 1. The van der Waals surface area contributed by atoms with Crippen LogP contribution in [-0.4, -0.2) is 9.97 Å². The van der Waals surface area contributed by atoms with Crippen LogP contribution in [0, 0.1) is 13.8 Å². The maximum atomic E-state index is 5.30. The molecule has 5 nitrogen and oxygen atoms in total. The number of hydrazine groups is 1. The smallest absolute Gasteiger partial charge is 0.239 e. The van der Waals surface area contributed by atoms with E-state index in [1.165, 1.54) is 11.1 Å². The van der Waals surface area contributed by atoms with Crippen molar-refractivity contribution < 1.29 is 0 Å². The first kappa shape index (κ1) is 12.8. The zero-order valence-corrected chi connectivity index (χ0v) is 11.7. The van der Waals surface area contributed by atoms with Crippen molar-refractivity contribution >= 4 is 33.4 Å². The predicted octanol–water partition coefficient (Wildman–Crippen LogP) is 2.89. The standard InChI is InChI=1S/C12H14BrN5/c1-7-4-3-5-10(8(7)2)16-11-9(13)6-15-12(17-11)18-14/h3-6H,14H2,1-2H3,(H2,15,16,17,18). The summed E-state index contributed by atoms with van der Waals surface area (Å²) in [6.45, 7) is 4.14. The van der Waals surface area contributed by atoms with Crippen LogP contribution in [0.3, 0.4) is 0 Å². The molecule has 18 heavy (non-hydrogen) atoms. The molecular formula is C12H14BrN5. The first-order chi connectivity index (χ1) is 8.61. The Kier molecular flexibility index (Phi) is 3.78. The maximum Gasteiger partial charge on any atom is 0.239 e. The minimum atomic E-state index is 0.367. The highest BCUT2D eigenvalue weighted by Crippen LogP contribution is 2.26. The zero-order chi connectivity index (χ0) is 13.1. The summed E-state index contributed by atoms with van der Waals surface area (Å²) in [4.78, 5) is 8.26. The molecule has 0 atom stereocenters. The van der Waals surface area contributed by atoms with Gasteiger partial charge in [-0.15, -0.1) is 0 Å². The van der Waals surface area contributed by atoms with E-state index in [1.54, 1.807) is 6.20 Å². The largest absolute Gasteiger partial charge is 0.339 e. The molecule has 0 spiro atoms. The summed E-state index contributed by atoms with van der Waals surface area (Å²) in [6.07, 6.45) is 1.65. The maximum absolute atomic E-state index is 5.30. The van der Waals surface area contributed by atoms with Crippen LogP contribution in [0.1, 0.15) is 11.1 Å². The lowest BCUT2D eigenvalue weighted by molar-refractivity contribution is 1.11. The molecule has 1 heterocycles. The minimum Gasteiger partial charge on any atom is -0.339 e. The van der Waals surface area contributed by atoms with Gasteiger partial charge in [0.05, 0.1) is 4.47 Å². The van der Waals surface area contributed by atoms with Gasteiger partial charge >= 0.3 is 0 Å². The van der Waals surface area contributed by atoms with E-state index in [1.807, 2.05) is 12.1 Å². The van der Waals surface area contributed by atoms with Crippen LogP contribution in [0.25, 0.3) is 0 Å². The summed E-state index contributed by atoms with van der Waals surface area (Å²) in [6, 6.07) is 6.08. The van der Waals surface area contributed by atoms with Crippen molar-refractivity contribution in [1.82, 2.24) is 9.97 Å². The number of nitrogens with zero attached hydrogens (tertiary/aromatic N) is 2. The molecule has 6 heteroatoms. The number of aromatic nitrogens is 2. The van der Waals surface area contributed by atoms with Crippen molar-refractivity contribution in [1.29, 1.82) is 0 Å². The summed E-state index contributed by atoms with van der Waals surface area (Å²) >= 11 is 3.40. The monoisotopic (exact) mass is 307 g/mol. The molecule has 0 amide bonds. The van der Waals surface area contributed by atoms with E-state index in [0.717, 1.165) is 10.2 Å². The normalized spacial score (nSPS) is 10.2. The second-order valence-electron chi connectivity index (χ2n) is 3.91. The summed E-state index contributed by atoms with van der Waals surface area (Å²) in [5, 5.41) is 3.26. The number of benzene rings is 1. The van der Waals surface area contributed by atoms with Gasteiger partial charge in [-0.3, -0.25) is 5.43 Å². The molecule has 1 aromatic heterocycles. The van der Waals surface area contributed by atoms with Crippen LogP contribution in [0.15, 0.2) is 28.9 Å². The molecule has 0 saturated heterocycles. The third kappa shape index (κ3) is 2.60. The first-order valence-corrected chi connectivity index (χ1v) is 6.23. The van der Waals surface area contributed by atoms with Gasteiger partial charge in [-0.1, -0.05) is 12.1 Å². The predicted molar refractivity (Wildman–Crippen MR) is 76.7 cm³/mol. The van der Waals surface area contributed by atoms with Crippen molar-refractivity contribution in [2.24, 2.45) is 5.84 Å². The van der Waals surface area contributed by atoms with E-state index in [2.05, 4.69) is 56.6 Å². The first-order valence-electron chi connectivity index (χ1n) is 5.44. The van der Waals surface area contributed by atoms with Crippen LogP contribution in [0.4, 0.5) is 17.5 Å². The molecule has 0 bridgehead atoms. The number of nitrogen functional groups attached to an aromatic ring is 1. The number of nitrogens with two attached hydrogens (primary N) is 1. The van der Waals surface area contributed by atoms with Gasteiger partial charge in [-0.2, -0.15) is 4.98 Å². The van der Waals surface area contributed by atoms with E-state index in [9.17, 15) is 0 Å². The Hall–Kier alpha value is -1.66. The average Bonchev–Trinajstić information content (AvgIpc) is 2.37. The fraction of sp³-hybridized carbons (Fsp3) is 0.167. The SMILES string of the molecule is Cc1cccc(Nc2nc(NN)ncc2Br)c1C. The lowest BCUT2D eigenvalue weighted by Crippen LogP contribution is -2.11. The van der Waals surface area contributed by atoms with E-state index in [4.69, 9.17) is 5.84 Å². The lowest BCUT2D eigenvalue weighted by atomic mass is 10.1. The van der Waals surface area contributed by atoms with Crippen LogP contribution >= 0.6 is 15.9 Å². The Morgan fingerprint density at radius 2 is 2.06 bits per heavy atom. The van der Waals surface area contributed by atoms with Crippen molar-refractivity contribution in [3.05, 3.63) is 40.0 Å². The molecular weight excluding hydrogens is 294 g/mol. The average molecular weight is 308 g/mol. The summed E-state index contributed by atoms with van der Waals surface area (Å²) in [7, 11) is 0. The summed E-state index contributed by atoms with van der Waals surface area (Å²) in [5.41, 5.74) is 5.84. The number of aryl methyl sites for hydroxylation is 1. The van der Waals surface area contributed by atoms with Gasteiger partial charge in [0, 0.05) is 11.9 Å². The van der Waals surface area contributed by atoms with E-state index in [-0.39, 0.29) is 0 Å². The molecule has 1 aromatic carbocycles. The molecule has 0 saturated carbocycles. The van der Waals surface area contributed by atoms with Crippen LogP contribution in [0.5, 0.6) is 0 Å². The third-order valence-corrected chi connectivity index (χ3v) is 3.31.